The molecule has 0 saturated heterocycles. The molecule has 1 amide bonds. The third-order valence-corrected chi connectivity index (χ3v) is 7.75. The molecule has 0 fully saturated rings. The van der Waals surface area contributed by atoms with Gasteiger partial charge in [0, 0.05) is 24.2 Å². The molecule has 12 heteroatoms. The van der Waals surface area contributed by atoms with Gasteiger partial charge in [0.2, 0.25) is 10.0 Å². The van der Waals surface area contributed by atoms with Crippen LogP contribution in [0, 0.1) is 11.6 Å². The van der Waals surface area contributed by atoms with Crippen LogP contribution in [-0.2, 0) is 14.8 Å². The third-order valence-electron chi connectivity index (χ3n) is 6.60. The van der Waals surface area contributed by atoms with Crippen LogP contribution in [0.5, 0.6) is 11.5 Å². The lowest BCUT2D eigenvalue weighted by atomic mass is 9.99. The first kappa shape index (κ1) is 27.6. The lowest BCUT2D eigenvalue weighted by Crippen LogP contribution is -2.38. The van der Waals surface area contributed by atoms with Crippen molar-refractivity contribution < 1.29 is 41.0 Å². The van der Waals surface area contributed by atoms with Gasteiger partial charge in [-0.25, -0.2) is 17.2 Å². The zero-order chi connectivity index (χ0) is 28.8. The minimum absolute atomic E-state index is 0.00255. The van der Waals surface area contributed by atoms with Crippen molar-refractivity contribution in [2.24, 2.45) is 0 Å². The molecule has 1 aliphatic heterocycles. The van der Waals surface area contributed by atoms with Gasteiger partial charge in [0.1, 0.15) is 34.5 Å². The molecule has 1 aromatic heterocycles. The Morgan fingerprint density at radius 3 is 2.33 bits per heavy atom. The van der Waals surface area contributed by atoms with Crippen LogP contribution in [0.2, 0.25) is 0 Å². The molecule has 2 heterocycles. The maximum Gasteiger partial charge on any atom is 0.255 e. The fourth-order valence-electron chi connectivity index (χ4n) is 4.77. The molecular weight excluding hydrogens is 546 g/mol. The van der Waals surface area contributed by atoms with Crippen LogP contribution >= 0.6 is 0 Å². The van der Waals surface area contributed by atoms with Gasteiger partial charge in [-0.15, -0.1) is 0 Å². The molecule has 2 N–H and O–H groups in total. The number of furan rings is 1. The van der Waals surface area contributed by atoms with Gasteiger partial charge >= 0.3 is 0 Å². The highest BCUT2D eigenvalue weighted by Crippen LogP contribution is 2.44. The van der Waals surface area contributed by atoms with E-state index in [9.17, 15) is 22.7 Å². The molecule has 9 nitrogen and oxygen atoms in total. The lowest BCUT2D eigenvalue weighted by Gasteiger charge is -2.24. The highest BCUT2D eigenvalue weighted by molar-refractivity contribution is 7.92. The summed E-state index contributed by atoms with van der Waals surface area (Å²) in [4.78, 5) is 13.0. The second kappa shape index (κ2) is 10.5. The number of carbonyl (C=O) groups excluding carboxylic acids is 1. The summed E-state index contributed by atoms with van der Waals surface area (Å²) in [5.74, 6) is -0.962. The van der Waals surface area contributed by atoms with E-state index >= 15 is 4.39 Å². The Kier molecular flexibility index (Phi) is 7.25. The predicted octanol–water partition coefficient (Wildman–Crippen LogP) is 4.75. The van der Waals surface area contributed by atoms with Crippen LogP contribution in [0.3, 0.4) is 0 Å². The largest absolute Gasteiger partial charge is 0.457 e. The summed E-state index contributed by atoms with van der Waals surface area (Å²) in [6.45, 7) is 0.836. The van der Waals surface area contributed by atoms with E-state index in [1.807, 2.05) is 0 Å². The number of benzene rings is 3. The maximum absolute atomic E-state index is 16.3. The fourth-order valence-corrected chi connectivity index (χ4v) is 5.71. The number of anilines is 1. The van der Waals surface area contributed by atoms with E-state index in [1.54, 1.807) is 31.2 Å². The first-order chi connectivity index (χ1) is 19.0. The molecule has 40 heavy (non-hydrogen) atoms. The summed E-state index contributed by atoms with van der Waals surface area (Å²) in [6, 6.07) is 13.3. The number of aliphatic hydroxyl groups excluding tert-OH is 1. The van der Waals surface area contributed by atoms with Crippen molar-refractivity contribution in [2.75, 3.05) is 30.8 Å². The van der Waals surface area contributed by atoms with E-state index in [2.05, 4.69) is 5.32 Å². The number of hydrogen-bond acceptors (Lipinski definition) is 7. The number of nitrogens with one attached hydrogen (secondary N) is 1. The Hall–Kier alpha value is -4.00. The fraction of sp³-hybridized carbons (Fsp3) is 0.250. The van der Waals surface area contributed by atoms with Crippen molar-refractivity contribution in [1.82, 2.24) is 5.32 Å². The molecule has 0 spiro atoms. The first-order valence-corrected chi connectivity index (χ1v) is 14.2. The quantitative estimate of drug-likeness (QED) is 0.342. The summed E-state index contributed by atoms with van der Waals surface area (Å²) < 4.78 is 73.4. The molecule has 3 aromatic carbocycles. The van der Waals surface area contributed by atoms with Crippen molar-refractivity contribution in [3.8, 4) is 22.8 Å². The number of hydrogen-bond donors (Lipinski definition) is 2. The maximum atomic E-state index is 16.3. The molecule has 0 radical (unpaired) electrons. The summed E-state index contributed by atoms with van der Waals surface area (Å²) in [5.41, 5.74) is 0.239. The zero-order valence-electron chi connectivity index (χ0n) is 21.8. The van der Waals surface area contributed by atoms with Crippen LogP contribution in [0.1, 0.15) is 28.9 Å². The average molecular weight is 573 g/mol. The van der Waals surface area contributed by atoms with Crippen molar-refractivity contribution in [3.05, 3.63) is 77.4 Å². The molecule has 210 valence electrons. The number of rotatable bonds is 6. The van der Waals surface area contributed by atoms with E-state index in [1.165, 1.54) is 37.4 Å². The normalized spacial score (nSPS) is 17.4. The van der Waals surface area contributed by atoms with E-state index in [4.69, 9.17) is 13.9 Å². The number of ether oxygens (including phenoxy) is 2. The second-order valence-electron chi connectivity index (χ2n) is 9.34. The summed E-state index contributed by atoms with van der Waals surface area (Å²) >= 11 is 0. The summed E-state index contributed by atoms with van der Waals surface area (Å²) in [6.07, 6.45) is -0.864. The van der Waals surface area contributed by atoms with Gasteiger partial charge in [-0.3, -0.25) is 9.10 Å². The number of sulfonamides is 1. The standard InChI is InChI=1S/C28H26F2N2O7S/c1-15-23-21(32(40(3,35)36)13-20(14-33)37-15)12-22-24(26(23)30)25(28(34)31-2)27(39-22)16-4-8-18(9-5-16)38-19-10-6-17(29)7-11-19/h4-12,15,20,33H,13-14H2,1-3H3,(H,31,34)/t15-,20-/m0/s1. The minimum Gasteiger partial charge on any atom is -0.457 e. The third kappa shape index (κ3) is 5.01. The van der Waals surface area contributed by atoms with E-state index in [0.29, 0.717) is 17.1 Å². The Balaban J connectivity index is 1.66. The number of nitrogens with zero attached hydrogens (tertiary/aromatic N) is 1. The Labute approximate surface area is 229 Å². The highest BCUT2D eigenvalue weighted by atomic mass is 32.2. The van der Waals surface area contributed by atoms with Crippen molar-refractivity contribution in [2.45, 2.75) is 19.1 Å². The average Bonchev–Trinajstić information content (AvgIpc) is 3.23. The number of amides is 1. The van der Waals surface area contributed by atoms with Crippen molar-refractivity contribution in [1.29, 1.82) is 0 Å². The topological polar surface area (TPSA) is 118 Å². The van der Waals surface area contributed by atoms with Gasteiger partial charge < -0.3 is 24.3 Å². The predicted molar refractivity (Wildman–Crippen MR) is 144 cm³/mol. The zero-order valence-corrected chi connectivity index (χ0v) is 22.6. The van der Waals surface area contributed by atoms with Gasteiger partial charge in [-0.05, 0) is 55.5 Å². The van der Waals surface area contributed by atoms with E-state index in [0.717, 1.165) is 10.6 Å². The Bertz CT molecular complexity index is 1690. The minimum atomic E-state index is -3.90. The lowest BCUT2D eigenvalue weighted by molar-refractivity contribution is -0.0239. The Morgan fingerprint density at radius 2 is 1.75 bits per heavy atom. The Morgan fingerprint density at radius 1 is 1.12 bits per heavy atom. The van der Waals surface area contributed by atoms with Gasteiger partial charge in [-0.1, -0.05) is 0 Å². The van der Waals surface area contributed by atoms with Crippen LogP contribution in [0.25, 0.3) is 22.3 Å². The molecule has 2 atom stereocenters. The van der Waals surface area contributed by atoms with Gasteiger partial charge in [0.05, 0.1) is 48.3 Å². The highest BCUT2D eigenvalue weighted by Gasteiger charge is 2.36. The number of halogens is 2. The number of fused-ring (bicyclic) bond motifs is 2. The molecule has 0 bridgehead atoms. The molecule has 4 aromatic rings. The van der Waals surface area contributed by atoms with Gasteiger partial charge in [0.25, 0.3) is 5.91 Å². The monoisotopic (exact) mass is 572 g/mol. The number of carbonyl (C=O) groups is 1. The molecule has 0 saturated carbocycles. The van der Waals surface area contributed by atoms with Gasteiger partial charge in [0.15, 0.2) is 0 Å². The molecule has 1 aliphatic rings. The van der Waals surface area contributed by atoms with E-state index in [-0.39, 0.29) is 40.1 Å². The van der Waals surface area contributed by atoms with E-state index < -0.39 is 46.4 Å². The molecular formula is C28H26F2N2O7S. The van der Waals surface area contributed by atoms with Crippen molar-refractivity contribution >= 4 is 32.6 Å². The summed E-state index contributed by atoms with van der Waals surface area (Å²) in [7, 11) is -2.51. The molecule has 5 rings (SSSR count). The van der Waals surface area contributed by atoms with Crippen LogP contribution in [0.15, 0.2) is 59.0 Å². The SMILES string of the molecule is CNC(=O)c1c(-c2ccc(Oc3ccc(F)cc3)cc2)oc2cc3c(c(F)c12)[C@H](C)O[C@H](CO)CN3S(C)(=O)=O. The van der Waals surface area contributed by atoms with Crippen molar-refractivity contribution in [3.63, 3.8) is 0 Å². The summed E-state index contributed by atoms with van der Waals surface area (Å²) in [5, 5.41) is 12.1. The van der Waals surface area contributed by atoms with Crippen LogP contribution in [-0.4, -0.2) is 52.0 Å². The molecule has 0 unspecified atom stereocenters. The first-order valence-electron chi connectivity index (χ1n) is 12.3. The van der Waals surface area contributed by atoms with Gasteiger partial charge in [-0.2, -0.15) is 0 Å². The van der Waals surface area contributed by atoms with Crippen LogP contribution < -0.4 is 14.4 Å². The smallest absolute Gasteiger partial charge is 0.255 e. The molecule has 0 aliphatic carbocycles. The van der Waals surface area contributed by atoms with Crippen LogP contribution in [0.4, 0.5) is 14.5 Å². The second-order valence-corrected chi connectivity index (χ2v) is 11.2. The number of aliphatic hydroxyl groups is 1.